The van der Waals surface area contributed by atoms with E-state index in [-0.39, 0.29) is 11.5 Å². The molecule has 4 heterocycles. The summed E-state index contributed by atoms with van der Waals surface area (Å²) in [5.41, 5.74) is 6.49. The van der Waals surface area contributed by atoms with Gasteiger partial charge < -0.3 is 29.1 Å². The summed E-state index contributed by atoms with van der Waals surface area (Å²) in [7, 11) is -1.12. The minimum absolute atomic E-state index is 0.0318. The molecule has 0 amide bonds. The predicted molar refractivity (Wildman–Crippen MR) is 158 cm³/mol. The molecule has 2 aliphatic heterocycles. The number of morpholine rings is 1. The van der Waals surface area contributed by atoms with E-state index in [0.717, 1.165) is 27.9 Å². The number of ether oxygens (including phenoxy) is 1. The average molecular weight is 559 g/mol. The van der Waals surface area contributed by atoms with Crippen molar-refractivity contribution >= 4 is 52.9 Å². The van der Waals surface area contributed by atoms with Gasteiger partial charge in [0.2, 0.25) is 5.88 Å². The first-order valence-corrected chi connectivity index (χ1v) is 13.5. The molecule has 11 heteroatoms. The van der Waals surface area contributed by atoms with E-state index in [4.69, 9.17) is 25.5 Å². The van der Waals surface area contributed by atoms with E-state index >= 15 is 0 Å². The molecule has 0 radical (unpaired) electrons. The molecule has 0 bridgehead atoms. The zero-order valence-electron chi connectivity index (χ0n) is 22.4. The van der Waals surface area contributed by atoms with E-state index in [0.29, 0.717) is 65.0 Å². The smallest absolute Gasteiger partial charge is 0.440 e. The highest BCUT2D eigenvalue weighted by Crippen LogP contribution is 2.35. The number of hydrogen-bond acceptors (Lipinski definition) is 9. The molecule has 9 nitrogen and oxygen atoms in total. The number of pyridine rings is 1. The van der Waals surface area contributed by atoms with Crippen LogP contribution in [0.5, 0.6) is 0 Å². The molecule has 204 valence electrons. The van der Waals surface area contributed by atoms with Crippen LogP contribution in [0.3, 0.4) is 0 Å². The highest BCUT2D eigenvalue weighted by atomic mass is 35.5. The normalized spacial score (nSPS) is 15.6. The molecular formula is C29H28BClN4O5. The number of benzene rings is 2. The molecule has 0 saturated carbocycles. The summed E-state index contributed by atoms with van der Waals surface area (Å²) in [4.78, 5) is 20.2. The van der Waals surface area contributed by atoms with Gasteiger partial charge in [0.25, 0.3) is 0 Å². The van der Waals surface area contributed by atoms with Gasteiger partial charge in [0.1, 0.15) is 10.7 Å². The first kappa shape index (κ1) is 26.4. The van der Waals surface area contributed by atoms with E-state index in [9.17, 15) is 9.82 Å². The zero-order valence-corrected chi connectivity index (χ0v) is 23.2. The van der Waals surface area contributed by atoms with Crippen LogP contribution >= 0.6 is 11.6 Å². The topological polar surface area (TPSA) is 109 Å². The molecular weight excluding hydrogens is 531 g/mol. The maximum Gasteiger partial charge on any atom is 0.583 e. The quantitative estimate of drug-likeness (QED) is 0.277. The fourth-order valence-corrected chi connectivity index (χ4v) is 5.44. The van der Waals surface area contributed by atoms with Crippen LogP contribution in [0.1, 0.15) is 35.2 Å². The molecule has 2 aliphatic rings. The predicted octanol–water partition coefficient (Wildman–Crippen LogP) is 4.19. The van der Waals surface area contributed by atoms with Crippen molar-refractivity contribution in [3.8, 4) is 11.3 Å². The number of hydrogen-bond donors (Lipinski definition) is 2. The fourth-order valence-electron chi connectivity index (χ4n) is 5.29. The number of anilines is 2. The highest BCUT2D eigenvalue weighted by molar-refractivity contribution is 6.62. The molecule has 2 aromatic heterocycles. The Labute approximate surface area is 236 Å². The third-order valence-corrected chi connectivity index (χ3v) is 7.55. The van der Waals surface area contributed by atoms with Crippen molar-refractivity contribution in [2.24, 2.45) is 5.16 Å². The van der Waals surface area contributed by atoms with Crippen LogP contribution in [-0.2, 0) is 9.49 Å². The largest absolute Gasteiger partial charge is 0.583 e. The summed E-state index contributed by atoms with van der Waals surface area (Å²) in [6.45, 7) is 8.33. The summed E-state index contributed by atoms with van der Waals surface area (Å²) >= 11 is 6.32. The van der Waals surface area contributed by atoms with Crippen LogP contribution in [-0.4, -0.2) is 49.6 Å². The molecule has 1 saturated heterocycles. The lowest BCUT2D eigenvalue weighted by molar-refractivity contribution is 0.120. The second-order valence-corrected chi connectivity index (χ2v) is 10.5. The van der Waals surface area contributed by atoms with E-state index < -0.39 is 7.12 Å². The van der Waals surface area contributed by atoms with Crippen LogP contribution in [0.25, 0.3) is 22.2 Å². The van der Waals surface area contributed by atoms with Gasteiger partial charge in [0.15, 0.2) is 5.43 Å². The monoisotopic (exact) mass is 558 g/mol. The van der Waals surface area contributed by atoms with Gasteiger partial charge in [0, 0.05) is 29.7 Å². The van der Waals surface area contributed by atoms with Crippen molar-refractivity contribution < 1.29 is 18.9 Å². The molecule has 0 aliphatic carbocycles. The maximum atomic E-state index is 13.5. The van der Waals surface area contributed by atoms with Crippen molar-refractivity contribution in [1.29, 1.82) is 0 Å². The Morgan fingerprint density at radius 1 is 1.12 bits per heavy atom. The van der Waals surface area contributed by atoms with E-state index in [1.54, 1.807) is 18.3 Å². The van der Waals surface area contributed by atoms with Crippen molar-refractivity contribution in [2.75, 3.05) is 36.5 Å². The van der Waals surface area contributed by atoms with E-state index in [1.165, 1.54) is 0 Å². The average Bonchev–Trinajstić information content (AvgIpc) is 2.96. The number of halogens is 1. The van der Waals surface area contributed by atoms with Gasteiger partial charge in [0.05, 0.1) is 47.8 Å². The van der Waals surface area contributed by atoms with Gasteiger partial charge in [-0.05, 0) is 56.2 Å². The van der Waals surface area contributed by atoms with Crippen LogP contribution in [0.15, 0.2) is 56.8 Å². The third kappa shape index (κ3) is 4.83. The van der Waals surface area contributed by atoms with Crippen LogP contribution in [0, 0.1) is 13.8 Å². The molecule has 1 fully saturated rings. The number of fused-ring (bicyclic) bond motifs is 2. The molecule has 4 aromatic rings. The summed E-state index contributed by atoms with van der Waals surface area (Å²) in [5.74, 6) is 0.592. The molecule has 2 N–H and O–H groups in total. The number of aryl methyl sites for hydroxylation is 1. The maximum absolute atomic E-state index is 13.5. The Morgan fingerprint density at radius 2 is 1.93 bits per heavy atom. The number of rotatable bonds is 5. The molecule has 1 unspecified atom stereocenters. The molecule has 40 heavy (non-hydrogen) atoms. The molecule has 0 spiro atoms. The van der Waals surface area contributed by atoms with Gasteiger partial charge in [-0.2, -0.15) is 0 Å². The van der Waals surface area contributed by atoms with Crippen molar-refractivity contribution in [3.05, 3.63) is 80.1 Å². The number of nitrogens with one attached hydrogen (secondary N) is 1. The van der Waals surface area contributed by atoms with E-state index in [2.05, 4.69) is 20.4 Å². The summed E-state index contributed by atoms with van der Waals surface area (Å²) in [6.07, 6.45) is 1.56. The van der Waals surface area contributed by atoms with Gasteiger partial charge >= 0.3 is 7.12 Å². The minimum atomic E-state index is -1.12. The van der Waals surface area contributed by atoms with Gasteiger partial charge in [-0.25, -0.2) is 4.98 Å². The highest BCUT2D eigenvalue weighted by Gasteiger charge is 2.26. The van der Waals surface area contributed by atoms with E-state index in [1.807, 2.05) is 51.1 Å². The van der Waals surface area contributed by atoms with Crippen LogP contribution < -0.4 is 21.1 Å². The Bertz CT molecular complexity index is 1700. The fraction of sp³-hybridized carbons (Fsp3) is 0.276. The third-order valence-electron chi connectivity index (χ3n) is 7.34. The Hall–Kier alpha value is -3.86. The minimum Gasteiger partial charge on any atom is -0.440 e. The van der Waals surface area contributed by atoms with Crippen molar-refractivity contribution in [3.63, 3.8) is 0 Å². The SMILES string of the molecule is Cc1cc(C(C)Nc2ccc(Cl)nc2-c2ccc3c(c2)C=NOB3O)c2oc(N3CCOCC3)c(C)c(=O)c2c1. The Balaban J connectivity index is 1.42. The van der Waals surface area contributed by atoms with Crippen molar-refractivity contribution in [1.82, 2.24) is 4.98 Å². The first-order chi connectivity index (χ1) is 19.3. The lowest BCUT2D eigenvalue weighted by Crippen LogP contribution is -2.37. The van der Waals surface area contributed by atoms with Crippen molar-refractivity contribution in [2.45, 2.75) is 26.8 Å². The standard InChI is InChI=1S/C29H28BClN4O5/c1-16-12-21(28-22(13-16)27(36)17(2)29(39-28)35-8-10-38-11-9-35)18(3)33-24-6-7-25(31)34-26(24)19-4-5-23-20(14-19)15-32-40-30(23)37/h4-7,12-15,18,33,37H,8-11H2,1-3H3. The number of oxime groups is 1. The number of nitrogens with zero attached hydrogens (tertiary/aromatic N) is 3. The van der Waals surface area contributed by atoms with Crippen LogP contribution in [0.4, 0.5) is 11.6 Å². The number of aromatic nitrogens is 1. The zero-order chi connectivity index (χ0) is 28.0. The molecule has 2 aromatic carbocycles. The second kappa shape index (κ2) is 10.6. The Morgan fingerprint density at radius 3 is 2.73 bits per heavy atom. The lowest BCUT2D eigenvalue weighted by atomic mass is 9.75. The first-order valence-electron chi connectivity index (χ1n) is 13.2. The van der Waals surface area contributed by atoms with Gasteiger partial charge in [-0.1, -0.05) is 29.8 Å². The summed E-state index contributed by atoms with van der Waals surface area (Å²) in [5, 5.41) is 18.3. The summed E-state index contributed by atoms with van der Waals surface area (Å²) in [6, 6.07) is 12.8. The molecule has 6 rings (SSSR count). The molecule has 1 atom stereocenters. The van der Waals surface area contributed by atoms with Gasteiger partial charge in [-0.3, -0.25) is 4.79 Å². The van der Waals surface area contributed by atoms with Gasteiger partial charge in [-0.15, -0.1) is 5.16 Å². The lowest BCUT2D eigenvalue weighted by Gasteiger charge is -2.29. The summed E-state index contributed by atoms with van der Waals surface area (Å²) < 4.78 is 16.9. The Kier molecular flexibility index (Phi) is 6.99. The van der Waals surface area contributed by atoms with Crippen LogP contribution in [0.2, 0.25) is 5.15 Å². The second-order valence-electron chi connectivity index (χ2n) is 10.1.